The summed E-state index contributed by atoms with van der Waals surface area (Å²) in [5, 5.41) is 9.32. The first-order valence-electron chi connectivity index (χ1n) is 9.18. The van der Waals surface area contributed by atoms with Crippen LogP contribution in [0.3, 0.4) is 0 Å². The van der Waals surface area contributed by atoms with Crippen LogP contribution in [0.25, 0.3) is 0 Å². The Morgan fingerprint density at radius 2 is 1.81 bits per heavy atom. The summed E-state index contributed by atoms with van der Waals surface area (Å²) in [6, 6.07) is 13.5. The molecule has 1 N–H and O–H groups in total. The highest BCUT2D eigenvalue weighted by Gasteiger charge is 2.31. The molecule has 0 unspecified atom stereocenters. The predicted octanol–water partition coefficient (Wildman–Crippen LogP) is 5.19. The molecule has 27 heavy (non-hydrogen) atoms. The van der Waals surface area contributed by atoms with Crippen LogP contribution in [0.2, 0.25) is 0 Å². The minimum Gasteiger partial charge on any atom is -0.478 e. The van der Waals surface area contributed by atoms with E-state index in [1.807, 2.05) is 6.07 Å². The monoisotopic (exact) mass is 359 g/mol. The summed E-state index contributed by atoms with van der Waals surface area (Å²) in [5.74, 6) is 5.22. The van der Waals surface area contributed by atoms with E-state index in [0.717, 1.165) is 5.56 Å². The molecule has 1 aliphatic heterocycles. The molecule has 0 atom stereocenters. The second-order valence-corrected chi connectivity index (χ2v) is 7.80. The number of nitrogens with zero attached hydrogens (tertiary/aromatic N) is 1. The van der Waals surface area contributed by atoms with Crippen molar-refractivity contribution < 1.29 is 9.90 Å². The van der Waals surface area contributed by atoms with Gasteiger partial charge in [0.1, 0.15) is 0 Å². The maximum absolute atomic E-state index is 11.4. The van der Waals surface area contributed by atoms with Crippen LogP contribution in [0.4, 0.5) is 5.69 Å². The first-order chi connectivity index (χ1) is 12.7. The molecule has 0 amide bonds. The van der Waals surface area contributed by atoms with E-state index in [-0.39, 0.29) is 11.0 Å². The molecule has 3 heteroatoms. The number of fused-ring (bicyclic) bond motifs is 1. The Morgan fingerprint density at radius 3 is 2.48 bits per heavy atom. The lowest BCUT2D eigenvalue weighted by molar-refractivity contribution is 0.0696. The van der Waals surface area contributed by atoms with Crippen LogP contribution < -0.4 is 4.90 Å². The summed E-state index contributed by atoms with van der Waals surface area (Å²) >= 11 is 0. The Hall–Kier alpha value is -2.99. The highest BCUT2D eigenvalue weighted by molar-refractivity contribution is 5.90. The highest BCUT2D eigenvalue weighted by atomic mass is 16.4. The fourth-order valence-corrected chi connectivity index (χ4v) is 3.80. The van der Waals surface area contributed by atoms with Gasteiger partial charge in [-0.05, 0) is 56.7 Å². The van der Waals surface area contributed by atoms with Gasteiger partial charge in [-0.2, -0.15) is 0 Å². The van der Waals surface area contributed by atoms with E-state index in [1.54, 1.807) is 24.3 Å². The van der Waals surface area contributed by atoms with Gasteiger partial charge in [0, 0.05) is 34.0 Å². The number of carbonyl (C=O) groups is 1. The first kappa shape index (κ1) is 18.8. The van der Waals surface area contributed by atoms with Gasteiger partial charge in [0.15, 0.2) is 0 Å². The number of benzene rings is 2. The number of rotatable bonds is 2. The van der Waals surface area contributed by atoms with Crippen molar-refractivity contribution in [2.75, 3.05) is 4.90 Å². The van der Waals surface area contributed by atoms with Gasteiger partial charge in [0.2, 0.25) is 0 Å². The Morgan fingerprint density at radius 1 is 1.11 bits per heavy atom. The van der Waals surface area contributed by atoms with Crippen LogP contribution in [-0.4, -0.2) is 17.1 Å². The average molecular weight is 359 g/mol. The lowest BCUT2D eigenvalue weighted by atomic mass is 9.79. The first-order valence-corrected chi connectivity index (χ1v) is 9.18. The highest BCUT2D eigenvalue weighted by Crippen LogP contribution is 2.41. The molecule has 0 saturated carbocycles. The molecule has 0 aromatic heterocycles. The van der Waals surface area contributed by atoms with Crippen molar-refractivity contribution in [1.82, 2.24) is 0 Å². The number of carboxylic acids is 1. The zero-order chi connectivity index (χ0) is 19.8. The van der Waals surface area contributed by atoms with Gasteiger partial charge in [-0.15, -0.1) is 0 Å². The van der Waals surface area contributed by atoms with Gasteiger partial charge >= 0.3 is 5.97 Å². The van der Waals surface area contributed by atoms with Gasteiger partial charge < -0.3 is 10.0 Å². The molecule has 0 radical (unpaired) electrons. The van der Waals surface area contributed by atoms with Crippen molar-refractivity contribution in [2.24, 2.45) is 0 Å². The zero-order valence-corrected chi connectivity index (χ0v) is 16.5. The maximum Gasteiger partial charge on any atom is 0.336 e. The zero-order valence-electron chi connectivity index (χ0n) is 16.5. The van der Waals surface area contributed by atoms with Crippen molar-refractivity contribution in [2.45, 2.75) is 46.1 Å². The third-order valence-electron chi connectivity index (χ3n) is 4.92. The molecule has 0 fully saturated rings. The van der Waals surface area contributed by atoms with Gasteiger partial charge in [-0.1, -0.05) is 43.9 Å². The summed E-state index contributed by atoms with van der Waals surface area (Å²) in [6.45, 7) is 11.0. The number of hydrogen-bond donors (Lipinski definition) is 1. The quantitative estimate of drug-likeness (QED) is 0.750. The predicted molar refractivity (Wildman–Crippen MR) is 110 cm³/mol. The summed E-state index contributed by atoms with van der Waals surface area (Å²) in [5.41, 5.74) is 5.28. The van der Waals surface area contributed by atoms with Crippen LogP contribution in [0.15, 0.2) is 54.2 Å². The second-order valence-electron chi connectivity index (χ2n) is 7.80. The van der Waals surface area contributed by atoms with Gasteiger partial charge in [-0.3, -0.25) is 0 Å². The maximum atomic E-state index is 11.4. The molecule has 2 aromatic rings. The molecule has 0 aliphatic carbocycles. The third-order valence-corrected chi connectivity index (χ3v) is 4.92. The number of hydrogen-bond acceptors (Lipinski definition) is 2. The summed E-state index contributed by atoms with van der Waals surface area (Å²) in [6.07, 6.45) is 2.30. The lowest BCUT2D eigenvalue weighted by Crippen LogP contribution is -2.36. The van der Waals surface area contributed by atoms with Crippen LogP contribution in [-0.2, 0) is 5.41 Å². The number of anilines is 1. The van der Waals surface area contributed by atoms with Crippen LogP contribution in [0, 0.1) is 11.8 Å². The van der Waals surface area contributed by atoms with Crippen LogP contribution >= 0.6 is 0 Å². The summed E-state index contributed by atoms with van der Waals surface area (Å²) in [7, 11) is 0. The largest absolute Gasteiger partial charge is 0.478 e. The molecule has 3 nitrogen and oxygen atoms in total. The van der Waals surface area contributed by atoms with Crippen LogP contribution in [0.5, 0.6) is 0 Å². The van der Waals surface area contributed by atoms with E-state index in [9.17, 15) is 9.90 Å². The van der Waals surface area contributed by atoms with E-state index in [0.29, 0.717) is 11.6 Å². The Labute approximate surface area is 161 Å². The van der Waals surface area contributed by atoms with Crippen molar-refractivity contribution in [3.8, 4) is 11.8 Å². The third kappa shape index (κ3) is 3.61. The van der Waals surface area contributed by atoms with Gasteiger partial charge in [-0.25, -0.2) is 4.79 Å². The molecule has 3 rings (SSSR count). The molecule has 0 bridgehead atoms. The SMILES string of the molecule is CC1=CC(C)(C)c2cc(C#Cc3ccccc3C(=O)O)ccc2N1C(C)C. The van der Waals surface area contributed by atoms with E-state index in [1.165, 1.54) is 16.9 Å². The minimum atomic E-state index is -0.959. The van der Waals surface area contributed by atoms with E-state index < -0.39 is 5.97 Å². The summed E-state index contributed by atoms with van der Waals surface area (Å²) < 4.78 is 0. The topological polar surface area (TPSA) is 40.5 Å². The van der Waals surface area contributed by atoms with Crippen molar-refractivity contribution in [1.29, 1.82) is 0 Å². The molecule has 1 heterocycles. The number of allylic oxidation sites excluding steroid dienone is 2. The fourth-order valence-electron chi connectivity index (χ4n) is 3.80. The van der Waals surface area contributed by atoms with Crippen molar-refractivity contribution in [3.63, 3.8) is 0 Å². The molecular formula is C24H25NO2. The normalized spacial score (nSPS) is 14.9. The molecule has 0 saturated heterocycles. The Bertz CT molecular complexity index is 987. The smallest absolute Gasteiger partial charge is 0.336 e. The Balaban J connectivity index is 2.06. The number of carboxylic acid groups (broad SMARTS) is 1. The van der Waals surface area contributed by atoms with E-state index >= 15 is 0 Å². The van der Waals surface area contributed by atoms with E-state index in [4.69, 9.17) is 0 Å². The molecular weight excluding hydrogens is 334 g/mol. The van der Waals surface area contributed by atoms with Crippen molar-refractivity contribution in [3.05, 3.63) is 76.5 Å². The van der Waals surface area contributed by atoms with E-state index in [2.05, 4.69) is 69.6 Å². The average Bonchev–Trinajstić information content (AvgIpc) is 2.59. The molecule has 0 spiro atoms. The van der Waals surface area contributed by atoms with Gasteiger partial charge in [0.05, 0.1) is 5.56 Å². The standard InChI is InChI=1S/C24H25NO2/c1-16(2)25-17(3)15-24(4,5)21-14-18(11-13-22(21)25)10-12-19-8-6-7-9-20(19)23(26)27/h6-9,11,13-16H,1-5H3,(H,26,27). The molecule has 1 aliphatic rings. The van der Waals surface area contributed by atoms with Gasteiger partial charge in [0.25, 0.3) is 0 Å². The second kappa shape index (κ2) is 6.96. The Kier molecular flexibility index (Phi) is 4.85. The number of aromatic carboxylic acids is 1. The van der Waals surface area contributed by atoms with Crippen molar-refractivity contribution >= 4 is 11.7 Å². The molecule has 138 valence electrons. The van der Waals surface area contributed by atoms with Crippen LogP contribution in [0.1, 0.15) is 61.7 Å². The summed E-state index contributed by atoms with van der Waals surface area (Å²) in [4.78, 5) is 13.7. The minimum absolute atomic E-state index is 0.0819. The fraction of sp³-hybridized carbons (Fsp3) is 0.292. The molecule has 2 aromatic carbocycles. The lowest BCUT2D eigenvalue weighted by Gasteiger charge is -2.40.